The smallest absolute Gasteiger partial charge is 0.272 e. The van der Waals surface area contributed by atoms with Gasteiger partial charge in [-0.15, -0.1) is 11.8 Å². The lowest BCUT2D eigenvalue weighted by atomic mass is 10.1. The maximum atomic E-state index is 13.6. The van der Waals surface area contributed by atoms with Crippen molar-refractivity contribution in [3.05, 3.63) is 106 Å². The lowest BCUT2D eigenvalue weighted by Gasteiger charge is -2.17. The van der Waals surface area contributed by atoms with Crippen molar-refractivity contribution in [1.29, 1.82) is 0 Å². The number of amides is 2. The number of carbonyl (C=O) groups is 2. The van der Waals surface area contributed by atoms with E-state index in [9.17, 15) is 9.59 Å². The normalized spacial score (nSPS) is 14.2. The minimum atomic E-state index is -0.342. The maximum Gasteiger partial charge on any atom is 0.272 e. The number of imide groups is 1. The Kier molecular flexibility index (Phi) is 5.14. The van der Waals surface area contributed by atoms with Crippen molar-refractivity contribution in [1.82, 2.24) is 0 Å². The first-order valence-electron chi connectivity index (χ1n) is 9.65. The van der Waals surface area contributed by atoms with Crippen LogP contribution in [0.2, 0.25) is 5.02 Å². The zero-order chi connectivity index (χ0) is 21.4. The van der Waals surface area contributed by atoms with E-state index >= 15 is 0 Å². The van der Waals surface area contributed by atoms with Crippen LogP contribution in [0.5, 0.6) is 0 Å². The predicted molar refractivity (Wildman–Crippen MR) is 125 cm³/mol. The highest BCUT2D eigenvalue weighted by atomic mass is 35.5. The van der Waals surface area contributed by atoms with Gasteiger partial charge in [0.25, 0.3) is 11.8 Å². The fourth-order valence-corrected chi connectivity index (χ4v) is 4.82. The van der Waals surface area contributed by atoms with Crippen LogP contribution in [0.15, 0.2) is 94.4 Å². The molecule has 1 aliphatic rings. The molecule has 1 aliphatic heterocycles. The van der Waals surface area contributed by atoms with E-state index in [1.165, 1.54) is 16.7 Å². The first-order chi connectivity index (χ1) is 15.1. The first kappa shape index (κ1) is 19.7. The highest BCUT2D eigenvalue weighted by Gasteiger charge is 2.40. The molecule has 0 spiro atoms. The van der Waals surface area contributed by atoms with E-state index in [0.29, 0.717) is 32.5 Å². The molecule has 0 unspecified atom stereocenters. The van der Waals surface area contributed by atoms with Gasteiger partial charge in [-0.3, -0.25) is 9.59 Å². The van der Waals surface area contributed by atoms with Crippen molar-refractivity contribution in [3.63, 3.8) is 0 Å². The zero-order valence-electron chi connectivity index (χ0n) is 16.2. The molecule has 0 atom stereocenters. The average molecular weight is 446 g/mol. The van der Waals surface area contributed by atoms with Gasteiger partial charge in [0.05, 0.1) is 28.2 Å². The highest BCUT2D eigenvalue weighted by Crippen LogP contribution is 2.41. The molecule has 31 heavy (non-hydrogen) atoms. The Morgan fingerprint density at radius 1 is 0.839 bits per heavy atom. The zero-order valence-corrected chi connectivity index (χ0v) is 17.8. The summed E-state index contributed by atoms with van der Waals surface area (Å²) < 4.78 is 5.41. The number of halogens is 1. The van der Waals surface area contributed by atoms with Crippen molar-refractivity contribution in [3.8, 4) is 0 Å². The number of hydrogen-bond donors (Lipinski definition) is 0. The standard InChI is InChI=1S/C25H16ClNO3S/c26-18-12-10-17(11-13-18)22-23(31-15-19-7-4-14-30-19)25(29)27(24(22)28)21-9-3-6-16-5-1-2-8-20(16)21/h1-14H,15H2. The summed E-state index contributed by atoms with van der Waals surface area (Å²) in [5.74, 6) is 0.507. The lowest BCUT2D eigenvalue weighted by Crippen LogP contribution is -2.31. The van der Waals surface area contributed by atoms with Crippen LogP contribution in [0.25, 0.3) is 16.3 Å². The minimum Gasteiger partial charge on any atom is -0.468 e. The number of rotatable bonds is 5. The van der Waals surface area contributed by atoms with E-state index in [4.69, 9.17) is 16.0 Å². The third-order valence-electron chi connectivity index (χ3n) is 5.12. The Bertz CT molecular complexity index is 1320. The molecule has 0 radical (unpaired) electrons. The molecule has 5 rings (SSSR count). The van der Waals surface area contributed by atoms with Gasteiger partial charge in [0, 0.05) is 10.4 Å². The summed E-state index contributed by atoms with van der Waals surface area (Å²) in [4.78, 5) is 28.8. The predicted octanol–water partition coefficient (Wildman–Crippen LogP) is 6.30. The second kappa shape index (κ2) is 8.10. The van der Waals surface area contributed by atoms with Crippen molar-refractivity contribution in [2.75, 3.05) is 4.90 Å². The quantitative estimate of drug-likeness (QED) is 0.338. The second-order valence-electron chi connectivity index (χ2n) is 7.02. The monoisotopic (exact) mass is 445 g/mol. The van der Waals surface area contributed by atoms with Crippen molar-refractivity contribution < 1.29 is 14.0 Å². The molecule has 2 heterocycles. The van der Waals surface area contributed by atoms with Crippen LogP contribution in [0.4, 0.5) is 5.69 Å². The topological polar surface area (TPSA) is 50.5 Å². The molecule has 2 amide bonds. The van der Waals surface area contributed by atoms with Crippen LogP contribution in [0, 0.1) is 0 Å². The molecule has 0 saturated carbocycles. The van der Waals surface area contributed by atoms with Gasteiger partial charge in [0.15, 0.2) is 0 Å². The summed E-state index contributed by atoms with van der Waals surface area (Å²) in [5.41, 5.74) is 1.62. The van der Waals surface area contributed by atoms with Crippen LogP contribution in [0.1, 0.15) is 11.3 Å². The Balaban J connectivity index is 1.61. The van der Waals surface area contributed by atoms with Gasteiger partial charge < -0.3 is 4.42 Å². The average Bonchev–Trinajstić information content (AvgIpc) is 3.39. The fraction of sp³-hybridized carbons (Fsp3) is 0.0400. The Morgan fingerprint density at radius 3 is 2.39 bits per heavy atom. The van der Waals surface area contributed by atoms with Crippen LogP contribution in [-0.4, -0.2) is 11.8 Å². The van der Waals surface area contributed by atoms with Crippen molar-refractivity contribution in [2.24, 2.45) is 0 Å². The summed E-state index contributed by atoms with van der Waals surface area (Å²) in [5, 5.41) is 2.38. The van der Waals surface area contributed by atoms with E-state index in [-0.39, 0.29) is 11.8 Å². The Labute approximate surface area is 188 Å². The minimum absolute atomic E-state index is 0.331. The molecule has 0 aliphatic carbocycles. The van der Waals surface area contributed by atoms with Crippen LogP contribution < -0.4 is 4.90 Å². The molecule has 152 valence electrons. The number of anilines is 1. The summed E-state index contributed by atoms with van der Waals surface area (Å²) >= 11 is 7.35. The highest BCUT2D eigenvalue weighted by molar-refractivity contribution is 8.03. The summed E-state index contributed by atoms with van der Waals surface area (Å²) in [6.45, 7) is 0. The number of thioether (sulfide) groups is 1. The van der Waals surface area contributed by atoms with Crippen LogP contribution in [0.3, 0.4) is 0 Å². The SMILES string of the molecule is O=C1C(SCc2ccco2)=C(c2ccc(Cl)cc2)C(=O)N1c1cccc2ccccc12. The summed E-state index contributed by atoms with van der Waals surface area (Å²) in [7, 11) is 0. The van der Waals surface area contributed by atoms with Gasteiger partial charge >= 0.3 is 0 Å². The van der Waals surface area contributed by atoms with Gasteiger partial charge in [-0.05, 0) is 41.3 Å². The molecule has 3 aromatic carbocycles. The number of benzene rings is 3. The largest absolute Gasteiger partial charge is 0.468 e. The maximum absolute atomic E-state index is 13.6. The van der Waals surface area contributed by atoms with Gasteiger partial charge in [-0.1, -0.05) is 60.1 Å². The third kappa shape index (κ3) is 3.56. The molecule has 0 saturated heterocycles. The van der Waals surface area contributed by atoms with Crippen molar-refractivity contribution >= 4 is 57.2 Å². The number of nitrogens with zero attached hydrogens (tertiary/aromatic N) is 1. The van der Waals surface area contributed by atoms with Crippen LogP contribution in [-0.2, 0) is 15.3 Å². The van der Waals surface area contributed by atoms with Crippen LogP contribution >= 0.6 is 23.4 Å². The van der Waals surface area contributed by atoms with E-state index in [0.717, 1.165) is 16.5 Å². The van der Waals surface area contributed by atoms with Crippen molar-refractivity contribution in [2.45, 2.75) is 5.75 Å². The fourth-order valence-electron chi connectivity index (χ4n) is 3.67. The molecule has 6 heteroatoms. The molecular formula is C25H16ClNO3S. The summed E-state index contributed by atoms with van der Waals surface area (Å²) in [6.07, 6.45) is 1.59. The molecule has 0 bridgehead atoms. The van der Waals surface area contributed by atoms with Gasteiger partial charge in [-0.25, -0.2) is 4.90 Å². The second-order valence-corrected chi connectivity index (χ2v) is 8.45. The Morgan fingerprint density at radius 2 is 1.61 bits per heavy atom. The van der Waals surface area contributed by atoms with Gasteiger partial charge in [0.1, 0.15) is 5.76 Å². The summed E-state index contributed by atoms with van der Waals surface area (Å²) in [6, 6.07) is 24.0. The van der Waals surface area contributed by atoms with E-state index in [2.05, 4.69) is 0 Å². The molecular weight excluding hydrogens is 430 g/mol. The first-order valence-corrected chi connectivity index (χ1v) is 11.0. The molecule has 0 N–H and O–H groups in total. The van der Waals surface area contributed by atoms with E-state index < -0.39 is 0 Å². The number of fused-ring (bicyclic) bond motifs is 1. The van der Waals surface area contributed by atoms with Gasteiger partial charge in [-0.2, -0.15) is 0 Å². The van der Waals surface area contributed by atoms with E-state index in [1.54, 1.807) is 42.7 Å². The number of carbonyl (C=O) groups excluding carboxylic acids is 2. The third-order valence-corrected chi connectivity index (χ3v) is 6.47. The van der Waals surface area contributed by atoms with E-state index in [1.807, 2.05) is 42.5 Å². The number of hydrogen-bond acceptors (Lipinski definition) is 4. The molecule has 0 fully saturated rings. The van der Waals surface area contributed by atoms with Gasteiger partial charge in [0.2, 0.25) is 0 Å². The molecule has 1 aromatic heterocycles. The molecule has 4 nitrogen and oxygen atoms in total. The molecule has 4 aromatic rings. The lowest BCUT2D eigenvalue weighted by molar-refractivity contribution is -0.119. The Hall–Kier alpha value is -3.28. The number of furan rings is 1.